The summed E-state index contributed by atoms with van der Waals surface area (Å²) >= 11 is 0. The van der Waals surface area contributed by atoms with E-state index in [1.54, 1.807) is 36.4 Å². The lowest BCUT2D eigenvalue weighted by Gasteiger charge is -2.12. The zero-order valence-electron chi connectivity index (χ0n) is 17.4. The van der Waals surface area contributed by atoms with Crippen LogP contribution in [0.15, 0.2) is 83.8 Å². The van der Waals surface area contributed by atoms with E-state index in [-0.39, 0.29) is 23.1 Å². The summed E-state index contributed by atoms with van der Waals surface area (Å²) in [7, 11) is -3.74. The first-order valence-electron chi connectivity index (χ1n) is 10.4. The van der Waals surface area contributed by atoms with Crippen LogP contribution in [0.2, 0.25) is 0 Å². The van der Waals surface area contributed by atoms with Crippen molar-refractivity contribution in [2.75, 3.05) is 18.5 Å². The van der Waals surface area contributed by atoms with Gasteiger partial charge in [0.1, 0.15) is 11.5 Å². The topological polar surface area (TPSA) is 93.7 Å². The molecular formula is C24H24N2O5S. The Kier molecular flexibility index (Phi) is 6.84. The van der Waals surface area contributed by atoms with Gasteiger partial charge in [-0.1, -0.05) is 24.3 Å². The van der Waals surface area contributed by atoms with Crippen molar-refractivity contribution in [3.63, 3.8) is 0 Å². The Morgan fingerprint density at radius 3 is 2.44 bits per heavy atom. The van der Waals surface area contributed by atoms with Crippen LogP contribution in [-0.4, -0.2) is 33.6 Å². The molecule has 1 saturated heterocycles. The number of hydrogen-bond acceptors (Lipinski definition) is 5. The van der Waals surface area contributed by atoms with Gasteiger partial charge in [0.25, 0.3) is 5.91 Å². The summed E-state index contributed by atoms with van der Waals surface area (Å²) in [4.78, 5) is 12.7. The van der Waals surface area contributed by atoms with E-state index in [0.29, 0.717) is 18.0 Å². The highest BCUT2D eigenvalue weighted by molar-refractivity contribution is 7.89. The Morgan fingerprint density at radius 2 is 1.72 bits per heavy atom. The number of nitrogens with one attached hydrogen (secondary N) is 2. The molecule has 0 saturated carbocycles. The predicted octanol–water partition coefficient (Wildman–Crippen LogP) is 4.19. The highest BCUT2D eigenvalue weighted by Gasteiger charge is 2.21. The highest BCUT2D eigenvalue weighted by atomic mass is 32.2. The van der Waals surface area contributed by atoms with Gasteiger partial charge in [0, 0.05) is 24.4 Å². The lowest BCUT2D eigenvalue weighted by molar-refractivity contribution is 0.102. The molecule has 0 unspecified atom stereocenters. The fourth-order valence-corrected chi connectivity index (χ4v) is 4.44. The molecule has 0 aliphatic carbocycles. The third-order valence-corrected chi connectivity index (χ3v) is 6.44. The van der Waals surface area contributed by atoms with E-state index in [1.165, 1.54) is 12.1 Å². The average molecular weight is 453 g/mol. The molecule has 8 heteroatoms. The largest absolute Gasteiger partial charge is 0.457 e. The van der Waals surface area contributed by atoms with Gasteiger partial charge < -0.3 is 14.8 Å². The first-order chi connectivity index (χ1) is 15.5. The quantitative estimate of drug-likeness (QED) is 0.535. The van der Waals surface area contributed by atoms with Gasteiger partial charge in [0.2, 0.25) is 10.0 Å². The van der Waals surface area contributed by atoms with Gasteiger partial charge in [-0.05, 0) is 67.4 Å². The van der Waals surface area contributed by atoms with E-state index in [9.17, 15) is 13.2 Å². The molecule has 166 valence electrons. The number of carbonyl (C=O) groups excluding carboxylic acids is 1. The SMILES string of the molecule is O=C(Nc1ccc(Oc2ccccc2)cc1)c1cccc(S(=O)(=O)NC[C@@H]2CCCO2)c1. The fourth-order valence-electron chi connectivity index (χ4n) is 3.33. The van der Waals surface area contributed by atoms with E-state index in [4.69, 9.17) is 9.47 Å². The van der Waals surface area contributed by atoms with Crippen LogP contribution in [0.25, 0.3) is 0 Å². The molecule has 0 bridgehead atoms. The van der Waals surface area contributed by atoms with E-state index in [0.717, 1.165) is 18.6 Å². The summed E-state index contributed by atoms with van der Waals surface area (Å²) < 4.78 is 39.0. The maximum atomic E-state index is 12.7. The minimum Gasteiger partial charge on any atom is -0.457 e. The zero-order valence-corrected chi connectivity index (χ0v) is 18.2. The minimum absolute atomic E-state index is 0.0368. The normalized spacial score (nSPS) is 15.9. The molecule has 2 N–H and O–H groups in total. The van der Waals surface area contributed by atoms with Gasteiger partial charge in [-0.3, -0.25) is 4.79 Å². The third-order valence-electron chi connectivity index (χ3n) is 5.02. The lowest BCUT2D eigenvalue weighted by atomic mass is 10.2. The molecule has 7 nitrogen and oxygen atoms in total. The Balaban J connectivity index is 1.39. The average Bonchev–Trinajstić information content (AvgIpc) is 3.34. The van der Waals surface area contributed by atoms with Crippen LogP contribution in [0.5, 0.6) is 11.5 Å². The fraction of sp³-hybridized carbons (Fsp3) is 0.208. The van der Waals surface area contributed by atoms with Crippen molar-refractivity contribution in [2.45, 2.75) is 23.8 Å². The summed E-state index contributed by atoms with van der Waals surface area (Å²) in [5, 5.41) is 2.77. The summed E-state index contributed by atoms with van der Waals surface area (Å²) in [5.41, 5.74) is 0.815. The van der Waals surface area contributed by atoms with Crippen molar-refractivity contribution in [1.82, 2.24) is 4.72 Å². The second-order valence-electron chi connectivity index (χ2n) is 7.41. The lowest BCUT2D eigenvalue weighted by Crippen LogP contribution is -2.32. The van der Waals surface area contributed by atoms with Crippen molar-refractivity contribution in [2.24, 2.45) is 0 Å². The van der Waals surface area contributed by atoms with Crippen molar-refractivity contribution in [1.29, 1.82) is 0 Å². The molecule has 1 aliphatic heterocycles. The Hall–Kier alpha value is -3.20. The highest BCUT2D eigenvalue weighted by Crippen LogP contribution is 2.23. The molecule has 1 aliphatic rings. The molecule has 1 fully saturated rings. The van der Waals surface area contributed by atoms with Crippen LogP contribution in [-0.2, 0) is 14.8 Å². The van der Waals surface area contributed by atoms with Gasteiger partial charge in [-0.25, -0.2) is 13.1 Å². The maximum absolute atomic E-state index is 12.7. The molecule has 0 spiro atoms. The number of amides is 1. The van der Waals surface area contributed by atoms with E-state index in [1.807, 2.05) is 30.3 Å². The Morgan fingerprint density at radius 1 is 0.969 bits per heavy atom. The number of anilines is 1. The van der Waals surface area contributed by atoms with Crippen LogP contribution < -0.4 is 14.8 Å². The van der Waals surface area contributed by atoms with Crippen LogP contribution >= 0.6 is 0 Å². The molecule has 1 heterocycles. The maximum Gasteiger partial charge on any atom is 0.255 e. The first-order valence-corrected chi connectivity index (χ1v) is 11.8. The van der Waals surface area contributed by atoms with Crippen LogP contribution in [0, 0.1) is 0 Å². The summed E-state index contributed by atoms with van der Waals surface area (Å²) in [6.07, 6.45) is 1.66. The number of ether oxygens (including phenoxy) is 2. The van der Waals surface area contributed by atoms with Gasteiger partial charge in [0.05, 0.1) is 11.0 Å². The molecule has 4 rings (SSSR count). The van der Waals surface area contributed by atoms with Crippen molar-refractivity contribution in [3.05, 3.63) is 84.4 Å². The number of benzene rings is 3. The van der Waals surface area contributed by atoms with Gasteiger partial charge >= 0.3 is 0 Å². The number of rotatable bonds is 8. The predicted molar refractivity (Wildman–Crippen MR) is 122 cm³/mol. The number of hydrogen-bond donors (Lipinski definition) is 2. The second kappa shape index (κ2) is 9.95. The summed E-state index contributed by atoms with van der Waals surface area (Å²) in [5.74, 6) is 0.952. The Bertz CT molecular complexity index is 1160. The Labute approximate surface area is 187 Å². The zero-order chi connectivity index (χ0) is 22.4. The summed E-state index contributed by atoms with van der Waals surface area (Å²) in [6.45, 7) is 0.873. The molecule has 1 amide bonds. The molecule has 3 aromatic rings. The van der Waals surface area contributed by atoms with E-state index in [2.05, 4.69) is 10.0 Å². The van der Waals surface area contributed by atoms with Crippen molar-refractivity contribution in [3.8, 4) is 11.5 Å². The van der Waals surface area contributed by atoms with E-state index < -0.39 is 15.9 Å². The minimum atomic E-state index is -3.74. The number of sulfonamides is 1. The summed E-state index contributed by atoms with van der Waals surface area (Å²) in [6, 6.07) is 22.3. The molecule has 3 aromatic carbocycles. The molecule has 32 heavy (non-hydrogen) atoms. The third kappa shape index (κ3) is 5.73. The number of para-hydroxylation sites is 1. The molecule has 1 atom stereocenters. The van der Waals surface area contributed by atoms with Gasteiger partial charge in [0.15, 0.2) is 0 Å². The van der Waals surface area contributed by atoms with Crippen LogP contribution in [0.1, 0.15) is 23.2 Å². The molecular weight excluding hydrogens is 428 g/mol. The van der Waals surface area contributed by atoms with Crippen LogP contribution in [0.3, 0.4) is 0 Å². The first kappa shape index (κ1) is 22.0. The standard InChI is InChI=1S/C24H24N2O5S/c27-24(26-19-11-13-21(14-12-19)31-20-7-2-1-3-8-20)18-6-4-10-23(16-18)32(28,29)25-17-22-9-5-15-30-22/h1-4,6-8,10-14,16,22,25H,5,9,15,17H2,(H,26,27)/t22-/m0/s1. The van der Waals surface area contributed by atoms with Gasteiger partial charge in [-0.15, -0.1) is 0 Å². The monoisotopic (exact) mass is 452 g/mol. The van der Waals surface area contributed by atoms with E-state index >= 15 is 0 Å². The molecule has 0 radical (unpaired) electrons. The van der Waals surface area contributed by atoms with Crippen LogP contribution in [0.4, 0.5) is 5.69 Å². The number of carbonyl (C=O) groups is 1. The second-order valence-corrected chi connectivity index (χ2v) is 9.18. The van der Waals surface area contributed by atoms with Crippen molar-refractivity contribution >= 4 is 21.6 Å². The van der Waals surface area contributed by atoms with Crippen molar-refractivity contribution < 1.29 is 22.7 Å². The van der Waals surface area contributed by atoms with Gasteiger partial charge in [-0.2, -0.15) is 0 Å². The molecule has 0 aromatic heterocycles. The smallest absolute Gasteiger partial charge is 0.255 e.